The van der Waals surface area contributed by atoms with E-state index in [1.54, 1.807) is 26.0 Å². The van der Waals surface area contributed by atoms with Gasteiger partial charge in [0.2, 0.25) is 0 Å². The minimum atomic E-state index is -4.57. The predicted octanol–water partition coefficient (Wildman–Crippen LogP) is 5.34. The van der Waals surface area contributed by atoms with Gasteiger partial charge >= 0.3 is 12.1 Å². The first-order chi connectivity index (χ1) is 20.6. The molecule has 1 N–H and O–H groups in total. The molecule has 0 aliphatic carbocycles. The second-order valence-electron chi connectivity index (χ2n) is 10.0. The van der Waals surface area contributed by atoms with Crippen molar-refractivity contribution < 1.29 is 50.4 Å². The van der Waals surface area contributed by atoms with Crippen LogP contribution in [0.4, 0.5) is 22.0 Å². The van der Waals surface area contributed by atoms with Crippen LogP contribution in [0.5, 0.6) is 5.75 Å². The van der Waals surface area contributed by atoms with Crippen LogP contribution in [0.25, 0.3) is 10.9 Å². The van der Waals surface area contributed by atoms with E-state index in [9.17, 15) is 18.0 Å². The molecule has 2 aromatic carbocycles. The van der Waals surface area contributed by atoms with Crippen molar-refractivity contribution in [2.24, 2.45) is 0 Å². The number of H-pyrrole nitrogens is 1. The number of benzene rings is 2. The molecule has 2 atom stereocenters. The molecule has 8 nitrogen and oxygen atoms in total. The Morgan fingerprint density at radius 3 is 2.26 bits per heavy atom. The molecule has 43 heavy (non-hydrogen) atoms. The van der Waals surface area contributed by atoms with Gasteiger partial charge in [-0.1, -0.05) is 18.2 Å². The summed E-state index contributed by atoms with van der Waals surface area (Å²) in [6.07, 6.45) is -4.28. The lowest BCUT2D eigenvalue weighted by Gasteiger charge is -2.41. The van der Waals surface area contributed by atoms with E-state index in [1.807, 2.05) is 12.1 Å². The molecule has 0 unspecified atom stereocenters. The molecule has 1 aliphatic heterocycles. The SMILES string of the molecule is CCOC(=O)COCCOCCOCCOc1cc(F)c([C@@H]2c3[nH]c4ccccc4c3C[C@@H](C)N2CC(F)(F)F)c(F)c1. The maximum absolute atomic E-state index is 15.5. The van der Waals surface area contributed by atoms with Crippen molar-refractivity contribution in [2.45, 2.75) is 38.5 Å². The van der Waals surface area contributed by atoms with E-state index in [4.69, 9.17) is 23.7 Å². The average Bonchev–Trinajstić information content (AvgIpc) is 3.30. The van der Waals surface area contributed by atoms with Crippen LogP contribution in [-0.4, -0.2) is 87.5 Å². The number of rotatable bonds is 15. The van der Waals surface area contributed by atoms with E-state index in [2.05, 4.69) is 4.98 Å². The normalized spacial score (nSPS) is 17.3. The summed E-state index contributed by atoms with van der Waals surface area (Å²) in [5, 5.41) is 0.814. The lowest BCUT2D eigenvalue weighted by molar-refractivity contribution is -0.155. The highest BCUT2D eigenvalue weighted by Crippen LogP contribution is 2.44. The number of nitrogens with zero attached hydrogens (tertiary/aromatic N) is 1. The summed E-state index contributed by atoms with van der Waals surface area (Å²) in [5.41, 5.74) is 1.30. The van der Waals surface area contributed by atoms with Crippen LogP contribution in [0.1, 0.15) is 36.7 Å². The van der Waals surface area contributed by atoms with Gasteiger partial charge < -0.3 is 28.7 Å². The number of hydrogen-bond acceptors (Lipinski definition) is 7. The number of hydrogen-bond donors (Lipinski definition) is 1. The van der Waals surface area contributed by atoms with Gasteiger partial charge in [0.1, 0.15) is 30.6 Å². The molecule has 4 rings (SSSR count). The Balaban J connectivity index is 1.35. The Morgan fingerprint density at radius 1 is 0.977 bits per heavy atom. The fourth-order valence-corrected chi connectivity index (χ4v) is 5.19. The Labute approximate surface area is 246 Å². The van der Waals surface area contributed by atoms with E-state index in [-0.39, 0.29) is 58.6 Å². The number of halogens is 5. The number of nitrogens with one attached hydrogen (secondary N) is 1. The molecule has 0 spiro atoms. The molecule has 0 fully saturated rings. The number of aromatic amines is 1. The zero-order valence-corrected chi connectivity index (χ0v) is 24.0. The molecule has 0 amide bonds. The molecule has 0 radical (unpaired) electrons. The van der Waals surface area contributed by atoms with E-state index < -0.39 is 48.0 Å². The summed E-state index contributed by atoms with van der Waals surface area (Å²) >= 11 is 0. The van der Waals surface area contributed by atoms with Crippen LogP contribution < -0.4 is 4.74 Å². The van der Waals surface area contributed by atoms with E-state index >= 15 is 8.78 Å². The van der Waals surface area contributed by atoms with Gasteiger partial charge in [0.05, 0.1) is 52.2 Å². The van der Waals surface area contributed by atoms with Gasteiger partial charge in [-0.05, 0) is 31.9 Å². The van der Waals surface area contributed by atoms with Crippen LogP contribution in [0.15, 0.2) is 36.4 Å². The third-order valence-electron chi connectivity index (χ3n) is 6.97. The minimum absolute atomic E-state index is 0.0201. The highest BCUT2D eigenvalue weighted by atomic mass is 19.4. The first-order valence-electron chi connectivity index (χ1n) is 14.0. The van der Waals surface area contributed by atoms with E-state index in [0.717, 1.165) is 28.0 Å². The zero-order valence-electron chi connectivity index (χ0n) is 24.0. The van der Waals surface area contributed by atoms with Crippen LogP contribution in [0, 0.1) is 11.6 Å². The molecule has 0 saturated heterocycles. The lowest BCUT2D eigenvalue weighted by Crippen LogP contribution is -2.47. The number of aromatic nitrogens is 1. The molecule has 1 aliphatic rings. The molecule has 0 bridgehead atoms. The second kappa shape index (κ2) is 15.0. The predicted molar refractivity (Wildman–Crippen MR) is 147 cm³/mol. The van der Waals surface area contributed by atoms with Crippen molar-refractivity contribution in [1.82, 2.24) is 9.88 Å². The molecular weight excluding hydrogens is 579 g/mol. The third kappa shape index (κ3) is 8.65. The Bertz CT molecular complexity index is 1340. The van der Waals surface area contributed by atoms with Crippen LogP contribution in [0.2, 0.25) is 0 Å². The van der Waals surface area contributed by atoms with Crippen molar-refractivity contribution in [3.8, 4) is 5.75 Å². The van der Waals surface area contributed by atoms with E-state index in [0.29, 0.717) is 17.6 Å². The summed E-state index contributed by atoms with van der Waals surface area (Å²) in [7, 11) is 0. The van der Waals surface area contributed by atoms with Crippen LogP contribution in [0.3, 0.4) is 0 Å². The zero-order chi connectivity index (χ0) is 31.0. The molecule has 2 heterocycles. The third-order valence-corrected chi connectivity index (χ3v) is 6.97. The van der Waals surface area contributed by atoms with Crippen molar-refractivity contribution in [1.29, 1.82) is 0 Å². The first-order valence-corrected chi connectivity index (χ1v) is 14.0. The number of carbonyl (C=O) groups excluding carboxylic acids is 1. The van der Waals surface area contributed by atoms with Gasteiger partial charge in [-0.3, -0.25) is 4.90 Å². The van der Waals surface area contributed by atoms with Crippen molar-refractivity contribution in [3.63, 3.8) is 0 Å². The summed E-state index contributed by atoms with van der Waals surface area (Å²) in [6.45, 7) is 3.17. The standard InChI is InChI=1S/C30H35F5N2O6/c1-3-42-26(38)17-41-11-10-39-8-9-40-12-13-43-20-15-23(31)27(24(32)16-20)29-28-22(21-6-4-5-7-25(21)36-28)14-19(2)37(29)18-30(33,34)35/h4-7,15-16,19,29,36H,3,8-14,17-18H2,1-2H3/t19-,29-/m1/s1. The van der Waals surface area contributed by atoms with Gasteiger partial charge in [0.15, 0.2) is 0 Å². The van der Waals surface area contributed by atoms with Gasteiger partial charge in [-0.15, -0.1) is 0 Å². The quantitative estimate of drug-likeness (QED) is 0.141. The topological polar surface area (TPSA) is 82.3 Å². The fourth-order valence-electron chi connectivity index (χ4n) is 5.19. The fraction of sp³-hybridized carbons (Fsp3) is 0.500. The molecular formula is C30H35F5N2O6. The summed E-state index contributed by atoms with van der Waals surface area (Å²) in [4.78, 5) is 15.4. The van der Waals surface area contributed by atoms with Crippen molar-refractivity contribution >= 4 is 16.9 Å². The molecule has 13 heteroatoms. The highest BCUT2D eigenvalue weighted by Gasteiger charge is 2.43. The number of esters is 1. The van der Waals surface area contributed by atoms with Crippen molar-refractivity contribution in [3.05, 3.63) is 64.9 Å². The lowest BCUT2D eigenvalue weighted by atomic mass is 9.88. The Morgan fingerprint density at radius 2 is 1.60 bits per heavy atom. The number of carbonyl (C=O) groups is 1. The van der Waals surface area contributed by atoms with E-state index in [1.165, 1.54) is 0 Å². The van der Waals surface area contributed by atoms with Crippen LogP contribution >= 0.6 is 0 Å². The van der Waals surface area contributed by atoms with Gasteiger partial charge in [0.25, 0.3) is 0 Å². The minimum Gasteiger partial charge on any atom is -0.491 e. The Kier molecular flexibility index (Phi) is 11.4. The summed E-state index contributed by atoms with van der Waals surface area (Å²) < 4.78 is 97.9. The number of fused-ring (bicyclic) bond motifs is 3. The van der Waals surface area contributed by atoms with Gasteiger partial charge in [-0.25, -0.2) is 13.6 Å². The molecule has 3 aromatic rings. The maximum atomic E-state index is 15.5. The highest BCUT2D eigenvalue weighted by molar-refractivity contribution is 5.85. The number of alkyl halides is 3. The number of ether oxygens (including phenoxy) is 5. The van der Waals surface area contributed by atoms with Crippen LogP contribution in [-0.2, 0) is 30.2 Å². The Hall–Kier alpha value is -3.26. The average molecular weight is 615 g/mol. The first kappa shape index (κ1) is 32.6. The van der Waals surface area contributed by atoms with Gasteiger partial charge in [-0.2, -0.15) is 13.2 Å². The monoisotopic (exact) mass is 614 g/mol. The maximum Gasteiger partial charge on any atom is 0.401 e. The molecule has 1 aromatic heterocycles. The largest absolute Gasteiger partial charge is 0.491 e. The van der Waals surface area contributed by atoms with Gasteiger partial charge in [0, 0.05) is 40.3 Å². The number of para-hydroxylation sites is 1. The molecule has 0 saturated carbocycles. The summed E-state index contributed by atoms with van der Waals surface area (Å²) in [5.74, 6) is -2.58. The molecule has 236 valence electrons. The summed E-state index contributed by atoms with van der Waals surface area (Å²) in [6, 6.07) is 7.22. The smallest absolute Gasteiger partial charge is 0.401 e. The van der Waals surface area contributed by atoms with Crippen molar-refractivity contribution in [2.75, 3.05) is 59.4 Å². The second-order valence-corrected chi connectivity index (χ2v) is 10.0.